The molecule has 0 heterocycles. The van der Waals surface area contributed by atoms with E-state index in [1.165, 1.54) is 41.5 Å². The van der Waals surface area contributed by atoms with Gasteiger partial charge in [-0.25, -0.2) is 0 Å². The molecule has 4 aromatic rings. The van der Waals surface area contributed by atoms with E-state index >= 15 is 0 Å². The molecule has 0 aromatic heterocycles. The fourth-order valence-electron chi connectivity index (χ4n) is 3.53. The van der Waals surface area contributed by atoms with Gasteiger partial charge in [-0.15, -0.1) is 0 Å². The molecule has 0 N–H and O–H groups in total. The average molecular weight is 637 g/mol. The predicted molar refractivity (Wildman–Crippen MR) is 144 cm³/mol. The molecule has 1 heteroatoms. The molecule has 0 unspecified atom stereocenters. The molecule has 4 aromatic carbocycles. The van der Waals surface area contributed by atoms with Gasteiger partial charge in [-0.3, -0.25) is 6.08 Å². The Balaban J connectivity index is 0.000000188. The van der Waals surface area contributed by atoms with Crippen LogP contribution in [0.5, 0.6) is 0 Å². The van der Waals surface area contributed by atoms with E-state index in [0.29, 0.717) is 0 Å². The van der Waals surface area contributed by atoms with Crippen molar-refractivity contribution in [2.45, 2.75) is 38.5 Å². The van der Waals surface area contributed by atoms with Crippen LogP contribution in [0.4, 0.5) is 0 Å². The molecule has 0 spiro atoms. The second kappa shape index (κ2) is 18.4. The van der Waals surface area contributed by atoms with Crippen molar-refractivity contribution in [2.24, 2.45) is 0 Å². The van der Waals surface area contributed by atoms with Crippen molar-refractivity contribution in [1.29, 1.82) is 0 Å². The van der Waals surface area contributed by atoms with E-state index in [1.54, 1.807) is 0 Å². The first-order chi connectivity index (χ1) is 16.9. The van der Waals surface area contributed by atoms with Crippen molar-refractivity contribution in [3.8, 4) is 0 Å². The molecule has 0 amide bonds. The van der Waals surface area contributed by atoms with Gasteiger partial charge in [0.15, 0.2) is 0 Å². The van der Waals surface area contributed by atoms with Gasteiger partial charge in [0.05, 0.1) is 0 Å². The summed E-state index contributed by atoms with van der Waals surface area (Å²) in [7, 11) is 0. The summed E-state index contributed by atoms with van der Waals surface area (Å²) in [5, 5.41) is 0. The van der Waals surface area contributed by atoms with Crippen molar-refractivity contribution in [1.82, 2.24) is 0 Å². The summed E-state index contributed by atoms with van der Waals surface area (Å²) in [5.41, 5.74) is 5.39. The van der Waals surface area contributed by atoms with E-state index in [1.807, 2.05) is 36.4 Å². The Hall–Kier alpha value is -2.95. The minimum atomic E-state index is 0. The monoisotopic (exact) mass is 636 g/mol. The third kappa shape index (κ3) is 12.9. The smallest absolute Gasteiger partial charge is 0 e. The third-order valence-electron chi connectivity index (χ3n) is 5.32. The maximum absolute atomic E-state index is 3.21. The molecule has 0 saturated heterocycles. The molecular weight excluding hydrogens is 603 g/mol. The van der Waals surface area contributed by atoms with Crippen LogP contribution in [-0.2, 0) is 33.9 Å². The van der Waals surface area contributed by atoms with Crippen LogP contribution in [0.15, 0.2) is 127 Å². The SMILES string of the molecule is [C-]1=CCCC=CCC1.[Pt].[c-]1ccc(Cc2ccccc2)cc1.[c-]1ccc(Cc2ccccc2)cc1. The number of allylic oxidation sites excluding steroid dienone is 4. The van der Waals surface area contributed by atoms with Crippen LogP contribution in [0, 0.1) is 18.2 Å². The summed E-state index contributed by atoms with van der Waals surface area (Å²) in [6.07, 6.45) is 16.5. The van der Waals surface area contributed by atoms with E-state index in [4.69, 9.17) is 0 Å². The van der Waals surface area contributed by atoms with Crippen LogP contribution < -0.4 is 0 Å². The molecule has 1 aliphatic carbocycles. The van der Waals surface area contributed by atoms with E-state index in [9.17, 15) is 0 Å². The molecule has 0 bridgehead atoms. The average Bonchev–Trinajstić information content (AvgIpc) is 2.87. The Bertz CT molecular complexity index is 891. The van der Waals surface area contributed by atoms with Crippen molar-refractivity contribution in [3.63, 3.8) is 0 Å². The van der Waals surface area contributed by atoms with Crippen LogP contribution in [-0.4, -0.2) is 0 Å². The van der Waals surface area contributed by atoms with Crippen LogP contribution in [0.2, 0.25) is 0 Å². The van der Waals surface area contributed by atoms with Gasteiger partial charge < -0.3 is 6.08 Å². The molecule has 0 fully saturated rings. The second-order valence-corrected chi connectivity index (χ2v) is 8.14. The predicted octanol–water partition coefficient (Wildman–Crippen LogP) is 8.63. The van der Waals surface area contributed by atoms with Crippen LogP contribution in [0.1, 0.15) is 47.9 Å². The number of rotatable bonds is 4. The summed E-state index contributed by atoms with van der Waals surface area (Å²) >= 11 is 0. The Morgan fingerprint density at radius 1 is 0.486 bits per heavy atom. The van der Waals surface area contributed by atoms with Crippen LogP contribution >= 0.6 is 0 Å². The molecule has 0 saturated carbocycles. The summed E-state index contributed by atoms with van der Waals surface area (Å²) < 4.78 is 0. The van der Waals surface area contributed by atoms with E-state index in [0.717, 1.165) is 19.3 Å². The Labute approximate surface area is 226 Å². The van der Waals surface area contributed by atoms with E-state index < -0.39 is 0 Å². The van der Waals surface area contributed by atoms with Gasteiger partial charge in [-0.05, 0) is 30.4 Å². The summed E-state index contributed by atoms with van der Waals surface area (Å²) in [6, 6.07) is 43.3. The molecule has 0 aliphatic heterocycles. The van der Waals surface area contributed by atoms with Crippen molar-refractivity contribution in [2.75, 3.05) is 0 Å². The van der Waals surface area contributed by atoms with Crippen LogP contribution in [0.25, 0.3) is 0 Å². The standard InChI is InChI=1S/2C13H11.C8H11.Pt/c2*1-3-7-12(8-4-1)11-13-9-5-2-6-10-13;1-2-4-6-8-7-5-3-1;/h2*1,3-10H,11H2;1-2,7H,3-6H2;/q3*-1;. The molecule has 5 rings (SSSR count). The summed E-state index contributed by atoms with van der Waals surface area (Å²) in [4.78, 5) is 0. The van der Waals surface area contributed by atoms with E-state index in [2.05, 4.69) is 109 Å². The first-order valence-corrected chi connectivity index (χ1v) is 12.1. The number of hydrogen-bond acceptors (Lipinski definition) is 0. The quantitative estimate of drug-likeness (QED) is 0.155. The van der Waals surface area contributed by atoms with Crippen LogP contribution in [0.3, 0.4) is 0 Å². The van der Waals surface area contributed by atoms with Gasteiger partial charge in [0.1, 0.15) is 0 Å². The van der Waals surface area contributed by atoms with Gasteiger partial charge in [0.25, 0.3) is 0 Å². The Morgan fingerprint density at radius 3 is 1.40 bits per heavy atom. The Morgan fingerprint density at radius 2 is 0.914 bits per heavy atom. The second-order valence-electron chi connectivity index (χ2n) is 8.14. The largest absolute Gasteiger partial charge is 0.500 e. The molecule has 0 atom stereocenters. The molecular formula is C34H33Pt-3. The zero-order chi connectivity index (χ0) is 23.5. The molecule has 0 nitrogen and oxygen atoms in total. The maximum Gasteiger partial charge on any atom is 0 e. The first kappa shape index (κ1) is 28.3. The number of hydrogen-bond donors (Lipinski definition) is 0. The maximum atomic E-state index is 3.21. The zero-order valence-electron chi connectivity index (χ0n) is 20.2. The fraction of sp³-hybridized carbons (Fsp3) is 0.176. The normalized spacial score (nSPS) is 11.9. The van der Waals surface area contributed by atoms with Gasteiger partial charge in [-0.1, -0.05) is 85.7 Å². The first-order valence-electron chi connectivity index (χ1n) is 12.1. The van der Waals surface area contributed by atoms with Crippen molar-refractivity contribution >= 4 is 0 Å². The summed E-state index contributed by atoms with van der Waals surface area (Å²) in [6.45, 7) is 0. The van der Waals surface area contributed by atoms with Gasteiger partial charge >= 0.3 is 0 Å². The molecule has 35 heavy (non-hydrogen) atoms. The minimum Gasteiger partial charge on any atom is -0.500 e. The summed E-state index contributed by atoms with van der Waals surface area (Å²) in [5.74, 6) is 0. The van der Waals surface area contributed by atoms with Crippen molar-refractivity contribution in [3.05, 3.63) is 168 Å². The molecule has 182 valence electrons. The van der Waals surface area contributed by atoms with Gasteiger partial charge in [0, 0.05) is 21.1 Å². The van der Waals surface area contributed by atoms with Gasteiger partial charge in [-0.2, -0.15) is 78.2 Å². The minimum absolute atomic E-state index is 0. The molecule has 1 aliphatic rings. The molecule has 0 radical (unpaired) electrons. The Kier molecular flexibility index (Phi) is 14.9. The third-order valence-corrected chi connectivity index (χ3v) is 5.32. The number of benzene rings is 4. The fourth-order valence-corrected chi connectivity index (χ4v) is 3.53. The van der Waals surface area contributed by atoms with Gasteiger partial charge in [0.2, 0.25) is 0 Å². The van der Waals surface area contributed by atoms with E-state index in [-0.39, 0.29) is 21.1 Å². The topological polar surface area (TPSA) is 0 Å². The zero-order valence-corrected chi connectivity index (χ0v) is 22.5. The van der Waals surface area contributed by atoms with Crippen molar-refractivity contribution < 1.29 is 21.1 Å².